The Morgan fingerprint density at radius 1 is 1.00 bits per heavy atom. The van der Waals surface area contributed by atoms with E-state index in [0.29, 0.717) is 0 Å². The van der Waals surface area contributed by atoms with Crippen molar-refractivity contribution in [2.24, 2.45) is 0 Å². The lowest BCUT2D eigenvalue weighted by Gasteiger charge is -2.11. The van der Waals surface area contributed by atoms with Gasteiger partial charge in [0.1, 0.15) is 6.10 Å². The Hall–Kier alpha value is -1.38. The van der Waals surface area contributed by atoms with Crippen molar-refractivity contribution < 1.29 is 4.74 Å². The molecule has 0 bridgehead atoms. The zero-order valence-electron chi connectivity index (χ0n) is 10.2. The average molecular weight is 303 g/mol. The molecule has 0 amide bonds. The molecule has 1 atom stereocenters. The number of hydrogen-bond acceptors (Lipinski definition) is 1. The fourth-order valence-corrected chi connectivity index (χ4v) is 2.19. The monoisotopic (exact) mass is 302 g/mol. The van der Waals surface area contributed by atoms with Gasteiger partial charge in [-0.3, -0.25) is 0 Å². The fraction of sp³-hybridized carbons (Fsp3) is 0.125. The summed E-state index contributed by atoms with van der Waals surface area (Å²) in [6, 6.07) is 18.3. The molecular formula is C16H15BrO. The van der Waals surface area contributed by atoms with Crippen molar-refractivity contribution >= 4 is 22.0 Å². The van der Waals surface area contributed by atoms with Crippen molar-refractivity contribution in [3.8, 4) is 0 Å². The first-order valence-corrected chi connectivity index (χ1v) is 6.61. The molecule has 0 spiro atoms. The molecule has 0 aliphatic carbocycles. The predicted molar refractivity (Wildman–Crippen MR) is 79.4 cm³/mol. The minimum absolute atomic E-state index is 0.0155. The molecule has 0 aromatic heterocycles. The number of ether oxygens (including phenoxy) is 1. The van der Waals surface area contributed by atoms with Gasteiger partial charge in [-0.25, -0.2) is 0 Å². The lowest BCUT2D eigenvalue weighted by atomic mass is 10.1. The summed E-state index contributed by atoms with van der Waals surface area (Å²) in [5.41, 5.74) is 2.30. The molecule has 2 rings (SSSR count). The molecule has 0 saturated carbocycles. The van der Waals surface area contributed by atoms with E-state index in [1.54, 1.807) is 7.11 Å². The average Bonchev–Trinajstić information content (AvgIpc) is 2.42. The molecular weight excluding hydrogens is 288 g/mol. The van der Waals surface area contributed by atoms with Crippen molar-refractivity contribution in [1.29, 1.82) is 0 Å². The molecule has 1 nitrogen and oxygen atoms in total. The highest BCUT2D eigenvalue weighted by atomic mass is 79.9. The molecule has 0 radical (unpaired) electrons. The quantitative estimate of drug-likeness (QED) is 0.784. The standard InChI is InChI=1S/C16H15BrO/c1-18-16(14-8-3-2-4-9-14)12-11-13-7-5-6-10-15(13)17/h2-12,16H,1H3/b12-11+. The molecule has 0 aliphatic heterocycles. The van der Waals surface area contributed by atoms with E-state index in [4.69, 9.17) is 4.74 Å². The Bertz CT molecular complexity index is 520. The highest BCUT2D eigenvalue weighted by molar-refractivity contribution is 9.10. The molecule has 2 heteroatoms. The Morgan fingerprint density at radius 3 is 2.33 bits per heavy atom. The summed E-state index contributed by atoms with van der Waals surface area (Å²) in [5, 5.41) is 0. The van der Waals surface area contributed by atoms with Crippen molar-refractivity contribution in [2.45, 2.75) is 6.10 Å². The second kappa shape index (κ2) is 6.53. The lowest BCUT2D eigenvalue weighted by molar-refractivity contribution is 0.143. The topological polar surface area (TPSA) is 9.23 Å². The molecule has 0 heterocycles. The summed E-state index contributed by atoms with van der Waals surface area (Å²) in [4.78, 5) is 0. The van der Waals surface area contributed by atoms with Crippen LogP contribution >= 0.6 is 15.9 Å². The maximum absolute atomic E-state index is 5.50. The van der Waals surface area contributed by atoms with Crippen LogP contribution in [0.25, 0.3) is 6.08 Å². The van der Waals surface area contributed by atoms with Crippen molar-refractivity contribution in [3.05, 3.63) is 76.3 Å². The lowest BCUT2D eigenvalue weighted by Crippen LogP contribution is -1.96. The number of hydrogen-bond donors (Lipinski definition) is 0. The Balaban J connectivity index is 2.19. The highest BCUT2D eigenvalue weighted by Gasteiger charge is 2.05. The van der Waals surface area contributed by atoms with Gasteiger partial charge in [0.15, 0.2) is 0 Å². The Labute approximate surface area is 116 Å². The maximum Gasteiger partial charge on any atom is 0.101 e. The molecule has 1 unspecified atom stereocenters. The minimum Gasteiger partial charge on any atom is -0.373 e. The van der Waals surface area contributed by atoms with E-state index < -0.39 is 0 Å². The van der Waals surface area contributed by atoms with Gasteiger partial charge in [-0.15, -0.1) is 0 Å². The summed E-state index contributed by atoms with van der Waals surface area (Å²) in [6.07, 6.45) is 4.12. The third-order valence-electron chi connectivity index (χ3n) is 2.74. The fourth-order valence-electron chi connectivity index (χ4n) is 1.77. The SMILES string of the molecule is COC(/C=C/c1ccccc1Br)c1ccccc1. The number of benzene rings is 2. The van der Waals surface area contributed by atoms with E-state index >= 15 is 0 Å². The van der Waals surface area contributed by atoms with E-state index in [0.717, 1.165) is 15.6 Å². The smallest absolute Gasteiger partial charge is 0.101 e. The molecule has 0 aliphatic rings. The molecule has 0 saturated heterocycles. The van der Waals surface area contributed by atoms with Crippen LogP contribution in [0.4, 0.5) is 0 Å². The van der Waals surface area contributed by atoms with E-state index in [1.807, 2.05) is 36.4 Å². The van der Waals surface area contributed by atoms with E-state index in [1.165, 1.54) is 0 Å². The normalized spacial score (nSPS) is 12.8. The first-order chi connectivity index (χ1) is 8.81. The Morgan fingerprint density at radius 2 is 1.67 bits per heavy atom. The van der Waals surface area contributed by atoms with Crippen LogP contribution in [0.5, 0.6) is 0 Å². The van der Waals surface area contributed by atoms with Crippen LogP contribution in [-0.4, -0.2) is 7.11 Å². The van der Waals surface area contributed by atoms with Crippen LogP contribution in [0.2, 0.25) is 0 Å². The van der Waals surface area contributed by atoms with E-state index in [-0.39, 0.29) is 6.10 Å². The molecule has 2 aromatic carbocycles. The molecule has 18 heavy (non-hydrogen) atoms. The van der Waals surface area contributed by atoms with Gasteiger partial charge in [-0.05, 0) is 17.2 Å². The third-order valence-corrected chi connectivity index (χ3v) is 3.46. The summed E-state index contributed by atoms with van der Waals surface area (Å²) in [6.45, 7) is 0. The van der Waals surface area contributed by atoms with Gasteiger partial charge in [-0.2, -0.15) is 0 Å². The first-order valence-electron chi connectivity index (χ1n) is 5.81. The van der Waals surface area contributed by atoms with Crippen LogP contribution in [0, 0.1) is 0 Å². The van der Waals surface area contributed by atoms with Gasteiger partial charge < -0.3 is 4.74 Å². The highest BCUT2D eigenvalue weighted by Crippen LogP contribution is 2.22. The van der Waals surface area contributed by atoms with Gasteiger partial charge >= 0.3 is 0 Å². The van der Waals surface area contributed by atoms with Crippen molar-refractivity contribution in [1.82, 2.24) is 0 Å². The maximum atomic E-state index is 5.50. The zero-order chi connectivity index (χ0) is 12.8. The summed E-state index contributed by atoms with van der Waals surface area (Å²) >= 11 is 3.53. The van der Waals surface area contributed by atoms with Gasteiger partial charge in [0.25, 0.3) is 0 Å². The molecule has 92 valence electrons. The minimum atomic E-state index is -0.0155. The largest absolute Gasteiger partial charge is 0.373 e. The van der Waals surface area contributed by atoms with Crippen LogP contribution < -0.4 is 0 Å². The molecule has 0 N–H and O–H groups in total. The number of rotatable bonds is 4. The van der Waals surface area contributed by atoms with Crippen LogP contribution in [0.3, 0.4) is 0 Å². The van der Waals surface area contributed by atoms with Crippen LogP contribution in [0.1, 0.15) is 17.2 Å². The summed E-state index contributed by atoms with van der Waals surface area (Å²) < 4.78 is 6.58. The van der Waals surface area contributed by atoms with Gasteiger partial charge in [0.05, 0.1) is 0 Å². The predicted octanol–water partition coefficient (Wildman–Crippen LogP) is 4.85. The second-order valence-corrected chi connectivity index (χ2v) is 4.80. The van der Waals surface area contributed by atoms with Gasteiger partial charge in [-0.1, -0.05) is 76.6 Å². The number of methoxy groups -OCH3 is 1. The first kappa shape index (κ1) is 13.1. The third kappa shape index (κ3) is 3.31. The summed E-state index contributed by atoms with van der Waals surface area (Å²) in [7, 11) is 1.72. The van der Waals surface area contributed by atoms with Crippen LogP contribution in [-0.2, 0) is 4.74 Å². The molecule has 0 fully saturated rings. The summed E-state index contributed by atoms with van der Waals surface area (Å²) in [5.74, 6) is 0. The molecule has 2 aromatic rings. The second-order valence-electron chi connectivity index (χ2n) is 3.95. The van der Waals surface area contributed by atoms with Crippen molar-refractivity contribution in [2.75, 3.05) is 7.11 Å². The van der Waals surface area contributed by atoms with Crippen LogP contribution in [0.15, 0.2) is 65.1 Å². The zero-order valence-corrected chi connectivity index (χ0v) is 11.8. The van der Waals surface area contributed by atoms with Gasteiger partial charge in [0.2, 0.25) is 0 Å². The van der Waals surface area contributed by atoms with Crippen molar-refractivity contribution in [3.63, 3.8) is 0 Å². The Kier molecular flexibility index (Phi) is 4.73. The number of halogens is 1. The van der Waals surface area contributed by atoms with E-state index in [9.17, 15) is 0 Å². The van der Waals surface area contributed by atoms with Gasteiger partial charge in [0, 0.05) is 11.6 Å². The van der Waals surface area contributed by atoms with E-state index in [2.05, 4.69) is 46.3 Å².